The van der Waals surface area contributed by atoms with Gasteiger partial charge in [0, 0.05) is 22.9 Å². The van der Waals surface area contributed by atoms with Crippen molar-refractivity contribution in [2.24, 2.45) is 0 Å². The van der Waals surface area contributed by atoms with Gasteiger partial charge in [-0.1, -0.05) is 12.1 Å². The maximum absolute atomic E-state index is 5.50. The highest BCUT2D eigenvalue weighted by atomic mass is 32.2. The third kappa shape index (κ3) is 3.67. The number of thioether (sulfide) groups is 1. The highest BCUT2D eigenvalue weighted by Crippen LogP contribution is 2.37. The van der Waals surface area contributed by atoms with Crippen LogP contribution in [0.1, 0.15) is 43.9 Å². The molecule has 3 heteroatoms. The summed E-state index contributed by atoms with van der Waals surface area (Å²) in [4.78, 5) is 0. The Morgan fingerprint density at radius 2 is 2.26 bits per heavy atom. The molecule has 19 heavy (non-hydrogen) atoms. The van der Waals surface area contributed by atoms with Gasteiger partial charge < -0.3 is 10.1 Å². The molecular formula is C16H25NOS. The van der Waals surface area contributed by atoms with Crippen LogP contribution >= 0.6 is 11.8 Å². The van der Waals surface area contributed by atoms with E-state index in [1.807, 2.05) is 0 Å². The lowest BCUT2D eigenvalue weighted by Gasteiger charge is -2.26. The number of nitrogens with one attached hydrogen (secondary N) is 1. The minimum atomic E-state index is 0.327. The monoisotopic (exact) mass is 279 g/mol. The molecular weight excluding hydrogens is 254 g/mol. The number of benzene rings is 1. The van der Waals surface area contributed by atoms with E-state index in [4.69, 9.17) is 4.74 Å². The van der Waals surface area contributed by atoms with Gasteiger partial charge in [-0.25, -0.2) is 0 Å². The summed E-state index contributed by atoms with van der Waals surface area (Å²) < 4.78 is 5.91. The first-order chi connectivity index (χ1) is 9.04. The van der Waals surface area contributed by atoms with Crippen molar-refractivity contribution in [2.75, 3.05) is 19.4 Å². The van der Waals surface area contributed by atoms with E-state index >= 15 is 0 Å². The molecule has 0 aromatic heterocycles. The molecule has 0 spiro atoms. The van der Waals surface area contributed by atoms with Gasteiger partial charge in [0.2, 0.25) is 0 Å². The van der Waals surface area contributed by atoms with Crippen LogP contribution in [0.15, 0.2) is 18.2 Å². The van der Waals surface area contributed by atoms with Crippen molar-refractivity contribution in [3.8, 4) is 5.75 Å². The predicted molar refractivity (Wildman–Crippen MR) is 84.2 cm³/mol. The van der Waals surface area contributed by atoms with E-state index in [1.165, 1.54) is 29.7 Å². The summed E-state index contributed by atoms with van der Waals surface area (Å²) >= 11 is 2.10. The van der Waals surface area contributed by atoms with E-state index < -0.39 is 0 Å². The molecule has 0 saturated carbocycles. The summed E-state index contributed by atoms with van der Waals surface area (Å²) in [5.41, 5.74) is 2.49. The van der Waals surface area contributed by atoms with E-state index in [0.29, 0.717) is 10.8 Å². The lowest BCUT2D eigenvalue weighted by molar-refractivity contribution is 0.398. The van der Waals surface area contributed by atoms with Gasteiger partial charge in [-0.2, -0.15) is 11.8 Å². The largest absolute Gasteiger partial charge is 0.496 e. The summed E-state index contributed by atoms with van der Waals surface area (Å²) in [5.74, 6) is 2.30. The van der Waals surface area contributed by atoms with Crippen LogP contribution in [0.5, 0.6) is 5.75 Å². The fourth-order valence-corrected chi connectivity index (χ4v) is 3.89. The maximum atomic E-state index is 5.50. The molecule has 2 rings (SSSR count). The van der Waals surface area contributed by atoms with Crippen molar-refractivity contribution in [1.29, 1.82) is 0 Å². The molecule has 1 aromatic rings. The first-order valence-corrected chi connectivity index (χ1v) is 8.04. The fraction of sp³-hybridized carbons (Fsp3) is 0.625. The molecule has 0 bridgehead atoms. The minimum absolute atomic E-state index is 0.327. The summed E-state index contributed by atoms with van der Waals surface area (Å²) in [6.07, 6.45) is 2.67. The Morgan fingerprint density at radius 1 is 1.47 bits per heavy atom. The summed E-state index contributed by atoms with van der Waals surface area (Å²) in [6, 6.07) is 6.77. The molecule has 2 nitrogen and oxygen atoms in total. The standard InChI is InChI=1S/C16H25NOS/c1-12-6-7-14(15(10-12)18-4)13(2)17-11-16(3)8-5-9-19-16/h6-7,10,13,17H,5,8-9,11H2,1-4H3. The average Bonchev–Trinajstić information content (AvgIpc) is 2.83. The van der Waals surface area contributed by atoms with Gasteiger partial charge >= 0.3 is 0 Å². The second-order valence-electron chi connectivity index (χ2n) is 5.75. The molecule has 0 radical (unpaired) electrons. The smallest absolute Gasteiger partial charge is 0.123 e. The first-order valence-electron chi connectivity index (χ1n) is 7.06. The molecule has 1 fully saturated rings. The molecule has 1 saturated heterocycles. The molecule has 0 aliphatic carbocycles. The second kappa shape index (κ2) is 6.19. The third-order valence-corrected chi connectivity index (χ3v) is 5.48. The van der Waals surface area contributed by atoms with E-state index in [0.717, 1.165) is 12.3 Å². The van der Waals surface area contributed by atoms with Crippen LogP contribution in [-0.4, -0.2) is 24.2 Å². The molecule has 2 atom stereocenters. The van der Waals surface area contributed by atoms with Crippen molar-refractivity contribution >= 4 is 11.8 Å². The van der Waals surface area contributed by atoms with Crippen LogP contribution in [0, 0.1) is 6.92 Å². The number of rotatable bonds is 5. The zero-order valence-electron chi connectivity index (χ0n) is 12.5. The van der Waals surface area contributed by atoms with E-state index in [1.54, 1.807) is 7.11 Å². The highest BCUT2D eigenvalue weighted by Gasteiger charge is 2.29. The Balaban J connectivity index is 2.01. The molecule has 106 valence electrons. The molecule has 0 amide bonds. The van der Waals surface area contributed by atoms with E-state index in [-0.39, 0.29) is 0 Å². The Morgan fingerprint density at radius 3 is 2.89 bits per heavy atom. The van der Waals surface area contributed by atoms with Gasteiger partial charge in [-0.05, 0) is 51.0 Å². The van der Waals surface area contributed by atoms with Gasteiger partial charge in [0.1, 0.15) is 5.75 Å². The van der Waals surface area contributed by atoms with Crippen LogP contribution in [0.25, 0.3) is 0 Å². The number of ether oxygens (including phenoxy) is 1. The molecule has 1 aromatic carbocycles. The number of hydrogen-bond acceptors (Lipinski definition) is 3. The number of aryl methyl sites for hydroxylation is 1. The van der Waals surface area contributed by atoms with Crippen molar-refractivity contribution in [3.05, 3.63) is 29.3 Å². The van der Waals surface area contributed by atoms with Crippen molar-refractivity contribution in [2.45, 2.75) is 44.4 Å². The molecule has 1 heterocycles. The predicted octanol–water partition coefficient (Wildman–Crippen LogP) is 3.94. The normalized spacial score (nSPS) is 24.4. The lowest BCUT2D eigenvalue weighted by atomic mass is 10.0. The minimum Gasteiger partial charge on any atom is -0.496 e. The SMILES string of the molecule is COc1cc(C)ccc1C(C)NCC1(C)CCCS1. The van der Waals surface area contributed by atoms with E-state index in [2.05, 4.69) is 56.0 Å². The van der Waals surface area contributed by atoms with Crippen molar-refractivity contribution < 1.29 is 4.74 Å². The first kappa shape index (κ1) is 14.7. The van der Waals surface area contributed by atoms with Crippen LogP contribution < -0.4 is 10.1 Å². The summed E-state index contributed by atoms with van der Waals surface area (Å²) in [6.45, 7) is 7.75. The van der Waals surface area contributed by atoms with Crippen LogP contribution in [0.4, 0.5) is 0 Å². The van der Waals surface area contributed by atoms with Gasteiger partial charge in [-0.15, -0.1) is 0 Å². The summed E-state index contributed by atoms with van der Waals surface area (Å²) in [7, 11) is 1.75. The highest BCUT2D eigenvalue weighted by molar-refractivity contribution is 8.00. The third-order valence-electron chi connectivity index (χ3n) is 3.94. The Kier molecular flexibility index (Phi) is 4.80. The molecule has 1 N–H and O–H groups in total. The van der Waals surface area contributed by atoms with Gasteiger partial charge in [0.05, 0.1) is 7.11 Å². The van der Waals surface area contributed by atoms with Crippen LogP contribution in [0.3, 0.4) is 0 Å². The van der Waals surface area contributed by atoms with Gasteiger partial charge in [0.15, 0.2) is 0 Å². The summed E-state index contributed by atoms with van der Waals surface area (Å²) in [5, 5.41) is 3.67. The van der Waals surface area contributed by atoms with Gasteiger partial charge in [0.25, 0.3) is 0 Å². The maximum Gasteiger partial charge on any atom is 0.123 e. The number of methoxy groups -OCH3 is 1. The Labute approximate surface area is 121 Å². The Hall–Kier alpha value is -0.670. The molecule has 1 aliphatic rings. The molecule has 1 aliphatic heterocycles. The fourth-order valence-electron chi connectivity index (χ4n) is 2.63. The van der Waals surface area contributed by atoms with E-state index in [9.17, 15) is 0 Å². The zero-order chi connectivity index (χ0) is 13.9. The second-order valence-corrected chi connectivity index (χ2v) is 7.43. The quantitative estimate of drug-likeness (QED) is 0.882. The topological polar surface area (TPSA) is 21.3 Å². The van der Waals surface area contributed by atoms with Crippen LogP contribution in [0.2, 0.25) is 0 Å². The van der Waals surface area contributed by atoms with Crippen LogP contribution in [-0.2, 0) is 0 Å². The average molecular weight is 279 g/mol. The molecule has 2 unspecified atom stereocenters. The lowest BCUT2D eigenvalue weighted by Crippen LogP contribution is -2.34. The zero-order valence-corrected chi connectivity index (χ0v) is 13.3. The number of hydrogen-bond donors (Lipinski definition) is 1. The van der Waals surface area contributed by atoms with Crippen molar-refractivity contribution in [1.82, 2.24) is 5.32 Å². The Bertz CT molecular complexity index is 427. The van der Waals surface area contributed by atoms with Crippen molar-refractivity contribution in [3.63, 3.8) is 0 Å². The van der Waals surface area contributed by atoms with Gasteiger partial charge in [-0.3, -0.25) is 0 Å².